The summed E-state index contributed by atoms with van der Waals surface area (Å²) in [4.78, 5) is 22.7. The molecule has 1 aromatic rings. The molecule has 5 heteroatoms. The van der Waals surface area contributed by atoms with E-state index in [0.717, 1.165) is 5.56 Å². The highest BCUT2D eigenvalue weighted by Gasteiger charge is 2.11. The molecule has 1 atom stereocenters. The molecule has 0 aliphatic rings. The molecule has 0 saturated carbocycles. The molecule has 1 rings (SSSR count). The van der Waals surface area contributed by atoms with E-state index in [4.69, 9.17) is 5.73 Å². The zero-order valence-electron chi connectivity index (χ0n) is 12.3. The lowest BCUT2D eigenvalue weighted by Crippen LogP contribution is -2.42. The van der Waals surface area contributed by atoms with E-state index in [-0.39, 0.29) is 11.9 Å². The van der Waals surface area contributed by atoms with Crippen LogP contribution in [0.1, 0.15) is 36.7 Å². The van der Waals surface area contributed by atoms with Crippen LogP contribution in [-0.4, -0.2) is 24.4 Å². The van der Waals surface area contributed by atoms with Gasteiger partial charge in [-0.3, -0.25) is 9.59 Å². The minimum Gasteiger partial charge on any atom is -0.366 e. The number of nitrogens with one attached hydrogen (secondary N) is 2. The number of nitrogens with two attached hydrogens (primary N) is 1. The first-order valence-corrected chi connectivity index (χ1v) is 6.80. The van der Waals surface area contributed by atoms with Crippen LogP contribution in [0.4, 0.5) is 0 Å². The van der Waals surface area contributed by atoms with Crippen molar-refractivity contribution < 1.29 is 9.59 Å². The minimum atomic E-state index is -0.439. The fourth-order valence-electron chi connectivity index (χ4n) is 1.61. The normalized spacial score (nSPS) is 12.2. The molecule has 0 spiro atoms. The summed E-state index contributed by atoms with van der Waals surface area (Å²) in [7, 11) is 0. The first-order valence-electron chi connectivity index (χ1n) is 6.80. The number of carbonyl (C=O) groups excluding carboxylic acids is 2. The van der Waals surface area contributed by atoms with Gasteiger partial charge in [-0.2, -0.15) is 0 Å². The van der Waals surface area contributed by atoms with Gasteiger partial charge in [-0.1, -0.05) is 26.0 Å². The maximum atomic E-state index is 11.8. The summed E-state index contributed by atoms with van der Waals surface area (Å²) in [6, 6.07) is 6.76. The van der Waals surface area contributed by atoms with Gasteiger partial charge in [-0.25, -0.2) is 0 Å². The van der Waals surface area contributed by atoms with Crippen LogP contribution in [0.5, 0.6) is 0 Å². The average Bonchev–Trinajstić information content (AvgIpc) is 2.42. The zero-order chi connectivity index (χ0) is 15.1. The van der Waals surface area contributed by atoms with Crippen LogP contribution < -0.4 is 16.4 Å². The Morgan fingerprint density at radius 3 is 2.25 bits per heavy atom. The van der Waals surface area contributed by atoms with Crippen molar-refractivity contribution in [2.24, 2.45) is 11.7 Å². The Bertz CT molecular complexity index is 455. The number of carbonyl (C=O) groups is 2. The van der Waals surface area contributed by atoms with Crippen molar-refractivity contribution in [3.8, 4) is 0 Å². The van der Waals surface area contributed by atoms with Crippen LogP contribution in [0.2, 0.25) is 0 Å². The van der Waals surface area contributed by atoms with Crippen LogP contribution in [0.15, 0.2) is 24.3 Å². The van der Waals surface area contributed by atoms with Gasteiger partial charge in [0.1, 0.15) is 0 Å². The van der Waals surface area contributed by atoms with Crippen molar-refractivity contribution in [2.45, 2.75) is 33.4 Å². The number of rotatable bonds is 7. The highest BCUT2D eigenvalue weighted by molar-refractivity contribution is 5.92. The van der Waals surface area contributed by atoms with Crippen LogP contribution in [-0.2, 0) is 11.3 Å². The van der Waals surface area contributed by atoms with Gasteiger partial charge >= 0.3 is 0 Å². The molecule has 20 heavy (non-hydrogen) atoms. The van der Waals surface area contributed by atoms with Gasteiger partial charge in [-0.05, 0) is 30.5 Å². The summed E-state index contributed by atoms with van der Waals surface area (Å²) in [5.41, 5.74) is 6.66. The molecular weight excluding hydrogens is 254 g/mol. The Morgan fingerprint density at radius 1 is 1.15 bits per heavy atom. The van der Waals surface area contributed by atoms with E-state index in [1.54, 1.807) is 12.1 Å². The van der Waals surface area contributed by atoms with E-state index in [1.165, 1.54) is 0 Å². The molecule has 2 amide bonds. The van der Waals surface area contributed by atoms with Crippen LogP contribution in [0.25, 0.3) is 0 Å². The molecule has 1 unspecified atom stereocenters. The summed E-state index contributed by atoms with van der Waals surface area (Å²) in [5, 5.41) is 6.02. The third-order valence-electron chi connectivity index (χ3n) is 2.93. The van der Waals surface area contributed by atoms with Gasteiger partial charge in [0.15, 0.2) is 0 Å². The Morgan fingerprint density at radius 2 is 1.75 bits per heavy atom. The quantitative estimate of drug-likeness (QED) is 0.696. The SMILES string of the molecule is CC(C)CNC(=O)C(C)NCc1ccc(C(N)=O)cc1. The fraction of sp³-hybridized carbons (Fsp3) is 0.467. The van der Waals surface area contributed by atoms with E-state index in [2.05, 4.69) is 24.5 Å². The predicted molar refractivity (Wildman–Crippen MR) is 79.1 cm³/mol. The zero-order valence-corrected chi connectivity index (χ0v) is 12.3. The van der Waals surface area contributed by atoms with E-state index in [1.807, 2.05) is 19.1 Å². The molecule has 4 N–H and O–H groups in total. The number of amides is 2. The third-order valence-corrected chi connectivity index (χ3v) is 2.93. The lowest BCUT2D eigenvalue weighted by molar-refractivity contribution is -0.122. The van der Waals surface area contributed by atoms with Crippen LogP contribution >= 0.6 is 0 Å². The first-order chi connectivity index (χ1) is 9.40. The number of benzene rings is 1. The second kappa shape index (κ2) is 7.65. The molecular formula is C15H23N3O2. The number of hydrogen-bond donors (Lipinski definition) is 3. The van der Waals surface area contributed by atoms with Gasteiger partial charge in [0.05, 0.1) is 6.04 Å². The third kappa shape index (κ3) is 5.40. The monoisotopic (exact) mass is 277 g/mol. The minimum absolute atomic E-state index is 0.00699. The summed E-state index contributed by atoms with van der Waals surface area (Å²) in [6.07, 6.45) is 0. The van der Waals surface area contributed by atoms with E-state index in [9.17, 15) is 9.59 Å². The molecule has 110 valence electrons. The lowest BCUT2D eigenvalue weighted by Gasteiger charge is -2.15. The second-order valence-corrected chi connectivity index (χ2v) is 5.30. The van der Waals surface area contributed by atoms with Gasteiger partial charge in [0.2, 0.25) is 11.8 Å². The molecule has 0 bridgehead atoms. The summed E-state index contributed by atoms with van der Waals surface area (Å²) in [5.74, 6) is -0.00843. The summed E-state index contributed by atoms with van der Waals surface area (Å²) >= 11 is 0. The number of primary amides is 1. The molecule has 0 aliphatic heterocycles. The highest BCUT2D eigenvalue weighted by atomic mass is 16.2. The predicted octanol–water partition coefficient (Wildman–Crippen LogP) is 1.04. The average molecular weight is 277 g/mol. The van der Waals surface area contributed by atoms with Gasteiger partial charge in [0, 0.05) is 18.7 Å². The van der Waals surface area contributed by atoms with Crippen molar-refractivity contribution in [1.82, 2.24) is 10.6 Å². The number of hydrogen-bond acceptors (Lipinski definition) is 3. The lowest BCUT2D eigenvalue weighted by atomic mass is 10.1. The van der Waals surface area contributed by atoms with Crippen LogP contribution in [0, 0.1) is 5.92 Å². The van der Waals surface area contributed by atoms with Gasteiger partial charge in [0.25, 0.3) is 0 Å². The Labute approximate surface area is 119 Å². The second-order valence-electron chi connectivity index (χ2n) is 5.30. The van der Waals surface area contributed by atoms with E-state index >= 15 is 0 Å². The molecule has 1 aromatic carbocycles. The molecule has 0 fully saturated rings. The molecule has 0 aromatic heterocycles. The topological polar surface area (TPSA) is 84.2 Å². The molecule has 0 heterocycles. The maximum Gasteiger partial charge on any atom is 0.248 e. The van der Waals surface area contributed by atoms with Gasteiger partial charge in [-0.15, -0.1) is 0 Å². The molecule has 0 saturated heterocycles. The standard InChI is InChI=1S/C15H23N3O2/c1-10(2)8-18-15(20)11(3)17-9-12-4-6-13(7-5-12)14(16)19/h4-7,10-11,17H,8-9H2,1-3H3,(H2,16,19)(H,18,20). The van der Waals surface area contributed by atoms with Crippen molar-refractivity contribution in [2.75, 3.05) is 6.54 Å². The summed E-state index contributed by atoms with van der Waals surface area (Å²) in [6.45, 7) is 7.18. The molecule has 5 nitrogen and oxygen atoms in total. The smallest absolute Gasteiger partial charge is 0.248 e. The van der Waals surface area contributed by atoms with Gasteiger partial charge < -0.3 is 16.4 Å². The van der Waals surface area contributed by atoms with Crippen molar-refractivity contribution in [3.05, 3.63) is 35.4 Å². The summed E-state index contributed by atoms with van der Waals surface area (Å²) < 4.78 is 0. The first kappa shape index (κ1) is 16.2. The Kier molecular flexibility index (Phi) is 6.18. The molecule has 0 radical (unpaired) electrons. The highest BCUT2D eigenvalue weighted by Crippen LogP contribution is 2.04. The van der Waals surface area contributed by atoms with Crippen LogP contribution in [0.3, 0.4) is 0 Å². The van der Waals surface area contributed by atoms with Crippen molar-refractivity contribution >= 4 is 11.8 Å². The van der Waals surface area contributed by atoms with E-state index < -0.39 is 5.91 Å². The van der Waals surface area contributed by atoms with Crippen molar-refractivity contribution in [3.63, 3.8) is 0 Å². The Hall–Kier alpha value is -1.88. The maximum absolute atomic E-state index is 11.8. The molecule has 0 aliphatic carbocycles. The van der Waals surface area contributed by atoms with E-state index in [0.29, 0.717) is 24.6 Å². The van der Waals surface area contributed by atoms with Crippen molar-refractivity contribution in [1.29, 1.82) is 0 Å². The Balaban J connectivity index is 2.42. The largest absolute Gasteiger partial charge is 0.366 e. The fourth-order valence-corrected chi connectivity index (χ4v) is 1.61.